The maximum Gasteiger partial charge on any atom is 0.308 e. The number of thioether (sulfide) groups is 1. The lowest BCUT2D eigenvalue weighted by atomic mass is 9.87. The Morgan fingerprint density at radius 2 is 1.63 bits per heavy atom. The van der Waals surface area contributed by atoms with E-state index in [4.69, 9.17) is 27.6 Å². The zero-order valence-electron chi connectivity index (χ0n) is 19.3. The summed E-state index contributed by atoms with van der Waals surface area (Å²) in [4.78, 5) is 54.7. The smallest absolute Gasteiger partial charge is 0.308 e. The predicted octanol–water partition coefficient (Wildman–Crippen LogP) is 5.24. The number of carbonyl (C=O) groups is 3. The van der Waals surface area contributed by atoms with Gasteiger partial charge in [0.15, 0.2) is 0 Å². The maximum atomic E-state index is 13.7. The topological polar surface area (TPSA) is 102 Å². The molecule has 1 saturated heterocycles. The van der Waals surface area contributed by atoms with Gasteiger partial charge < -0.3 is 9.73 Å². The third kappa shape index (κ3) is 4.27. The Kier molecular flexibility index (Phi) is 6.43. The lowest BCUT2D eigenvalue weighted by Gasteiger charge is -2.29. The number of rotatable bonds is 5. The van der Waals surface area contributed by atoms with E-state index in [1.165, 1.54) is 15.7 Å². The summed E-state index contributed by atoms with van der Waals surface area (Å²) in [5, 5.41) is 3.44. The minimum absolute atomic E-state index is 0.258. The number of halogens is 2. The molecule has 0 saturated carbocycles. The van der Waals surface area contributed by atoms with Gasteiger partial charge in [-0.3, -0.25) is 23.7 Å². The Labute approximate surface area is 234 Å². The molecule has 0 aliphatic carbocycles. The van der Waals surface area contributed by atoms with Crippen LogP contribution >= 0.6 is 46.3 Å². The summed E-state index contributed by atoms with van der Waals surface area (Å²) in [5.41, 5.74) is 0.952. The van der Waals surface area contributed by atoms with E-state index in [0.717, 1.165) is 23.1 Å². The number of benzene rings is 2. The number of carbonyl (C=O) groups excluding carboxylic acids is 3. The first kappa shape index (κ1) is 25.0. The van der Waals surface area contributed by atoms with Crippen LogP contribution < -0.4 is 15.1 Å². The highest BCUT2D eigenvalue weighted by atomic mass is 35.5. The van der Waals surface area contributed by atoms with Crippen molar-refractivity contribution in [2.24, 2.45) is 5.92 Å². The van der Waals surface area contributed by atoms with Gasteiger partial charge >= 0.3 is 4.87 Å². The summed E-state index contributed by atoms with van der Waals surface area (Å²) in [6.07, 6.45) is 1.49. The largest absolute Gasteiger partial charge is 0.469 e. The standard InChI is InChI=1S/C26H17Cl2N3O5S2/c27-13-3-7-15(8-4-13)29-18(32)12-30-25-22(38-26(30)35)19(17-2-1-11-36-17)20-21(37-25)24(34)31(23(20)33)16-9-5-14(28)6-10-16/h1-11,19-21H,12H2,(H,29,32). The number of amides is 3. The van der Waals surface area contributed by atoms with E-state index >= 15 is 0 Å². The molecule has 1 fully saturated rings. The summed E-state index contributed by atoms with van der Waals surface area (Å²) in [7, 11) is 0. The van der Waals surface area contributed by atoms with Gasteiger partial charge in [-0.1, -0.05) is 46.3 Å². The third-order valence-corrected chi connectivity index (χ3v) is 9.52. The average Bonchev–Trinajstić information content (AvgIpc) is 3.59. The molecule has 12 heteroatoms. The van der Waals surface area contributed by atoms with Gasteiger partial charge in [-0.2, -0.15) is 0 Å². The number of anilines is 2. The van der Waals surface area contributed by atoms with Crippen LogP contribution in [0.5, 0.6) is 0 Å². The van der Waals surface area contributed by atoms with Gasteiger partial charge in [0.25, 0.3) is 0 Å². The molecule has 38 heavy (non-hydrogen) atoms. The highest BCUT2D eigenvalue weighted by molar-refractivity contribution is 8.00. The second-order valence-electron chi connectivity index (χ2n) is 8.72. The number of furan rings is 1. The summed E-state index contributed by atoms with van der Waals surface area (Å²) < 4.78 is 7.05. The molecule has 2 aliphatic rings. The van der Waals surface area contributed by atoms with Crippen LogP contribution in [0.3, 0.4) is 0 Å². The zero-order valence-corrected chi connectivity index (χ0v) is 22.4. The molecule has 4 aromatic rings. The first-order valence-corrected chi connectivity index (χ1v) is 13.9. The van der Waals surface area contributed by atoms with Crippen LogP contribution in [0.25, 0.3) is 0 Å². The normalized spacial score (nSPS) is 20.4. The van der Waals surface area contributed by atoms with E-state index in [-0.39, 0.29) is 17.3 Å². The van der Waals surface area contributed by atoms with Crippen LogP contribution in [0, 0.1) is 5.92 Å². The van der Waals surface area contributed by atoms with Crippen LogP contribution in [0.15, 0.2) is 81.2 Å². The van der Waals surface area contributed by atoms with E-state index in [1.54, 1.807) is 60.7 Å². The van der Waals surface area contributed by atoms with E-state index < -0.39 is 28.9 Å². The van der Waals surface area contributed by atoms with Crippen molar-refractivity contribution >= 4 is 75.4 Å². The molecule has 3 amide bonds. The molecule has 2 aromatic carbocycles. The fraction of sp³-hybridized carbons (Fsp3) is 0.154. The SMILES string of the molecule is O=C(Cn1c2c(sc1=O)C(c1ccco1)C1C(=O)N(c3ccc(Cl)cc3)C(=O)C1S2)Nc1ccc(Cl)cc1. The first-order valence-electron chi connectivity index (χ1n) is 11.4. The molecule has 2 aromatic heterocycles. The number of nitrogens with one attached hydrogen (secondary N) is 1. The molecule has 6 rings (SSSR count). The molecule has 0 bridgehead atoms. The van der Waals surface area contributed by atoms with Crippen molar-refractivity contribution < 1.29 is 18.8 Å². The third-order valence-electron chi connectivity index (χ3n) is 6.41. The lowest BCUT2D eigenvalue weighted by Crippen LogP contribution is -2.32. The van der Waals surface area contributed by atoms with E-state index in [0.29, 0.717) is 37.1 Å². The molecule has 1 N–H and O–H groups in total. The quantitative estimate of drug-likeness (QED) is 0.321. The van der Waals surface area contributed by atoms with Crippen LogP contribution in [0.4, 0.5) is 11.4 Å². The number of hydrogen-bond donors (Lipinski definition) is 1. The lowest BCUT2D eigenvalue weighted by molar-refractivity contribution is -0.122. The minimum atomic E-state index is -0.805. The first-order chi connectivity index (χ1) is 18.3. The van der Waals surface area contributed by atoms with Crippen LogP contribution in [0.2, 0.25) is 10.0 Å². The molecular weight excluding hydrogens is 569 g/mol. The predicted molar refractivity (Wildman–Crippen MR) is 146 cm³/mol. The molecule has 0 radical (unpaired) electrons. The van der Waals surface area contributed by atoms with Gasteiger partial charge in [0.2, 0.25) is 17.7 Å². The Morgan fingerprint density at radius 3 is 2.29 bits per heavy atom. The molecule has 192 valence electrons. The zero-order chi connectivity index (χ0) is 26.6. The van der Waals surface area contributed by atoms with Crippen LogP contribution in [0.1, 0.15) is 16.6 Å². The number of fused-ring (bicyclic) bond motifs is 2. The van der Waals surface area contributed by atoms with Crippen molar-refractivity contribution in [3.63, 3.8) is 0 Å². The molecular formula is C26H17Cl2N3O5S2. The number of thiazole rings is 1. The average molecular weight is 586 g/mol. The van der Waals surface area contributed by atoms with Gasteiger partial charge in [-0.25, -0.2) is 4.90 Å². The van der Waals surface area contributed by atoms with Gasteiger partial charge in [-0.15, -0.1) is 0 Å². The van der Waals surface area contributed by atoms with Crippen molar-refractivity contribution in [1.29, 1.82) is 0 Å². The van der Waals surface area contributed by atoms with Gasteiger partial charge in [0.1, 0.15) is 17.6 Å². The van der Waals surface area contributed by atoms with Crippen molar-refractivity contribution in [1.82, 2.24) is 4.57 Å². The number of nitrogens with zero attached hydrogens (tertiary/aromatic N) is 2. The fourth-order valence-corrected chi connectivity index (χ4v) is 7.76. The number of hydrogen-bond acceptors (Lipinski definition) is 7. The van der Waals surface area contributed by atoms with Crippen molar-refractivity contribution in [3.05, 3.63) is 97.3 Å². The van der Waals surface area contributed by atoms with Crippen molar-refractivity contribution in [3.8, 4) is 0 Å². The van der Waals surface area contributed by atoms with E-state index in [1.807, 2.05) is 0 Å². The highest BCUT2D eigenvalue weighted by Gasteiger charge is 2.57. The summed E-state index contributed by atoms with van der Waals surface area (Å²) >= 11 is 14.0. The monoisotopic (exact) mass is 585 g/mol. The summed E-state index contributed by atoms with van der Waals surface area (Å²) in [5.74, 6) is -2.15. The van der Waals surface area contributed by atoms with Gasteiger partial charge in [0.05, 0.1) is 33.7 Å². The molecule has 8 nitrogen and oxygen atoms in total. The van der Waals surface area contributed by atoms with Gasteiger partial charge in [-0.05, 0) is 60.7 Å². The molecule has 3 atom stereocenters. The Morgan fingerprint density at radius 1 is 0.947 bits per heavy atom. The van der Waals surface area contributed by atoms with Crippen LogP contribution in [-0.4, -0.2) is 27.5 Å². The van der Waals surface area contributed by atoms with E-state index in [2.05, 4.69) is 5.32 Å². The van der Waals surface area contributed by atoms with Gasteiger partial charge in [0, 0.05) is 15.7 Å². The second-order valence-corrected chi connectivity index (χ2v) is 11.7. The molecule has 4 heterocycles. The van der Waals surface area contributed by atoms with Crippen LogP contribution in [-0.2, 0) is 20.9 Å². The molecule has 0 spiro atoms. The summed E-state index contributed by atoms with van der Waals surface area (Å²) in [6.45, 7) is -0.258. The Balaban J connectivity index is 1.38. The second kappa shape index (κ2) is 9.77. The summed E-state index contributed by atoms with van der Waals surface area (Å²) in [6, 6.07) is 16.5. The molecule has 2 aliphatic heterocycles. The Hall–Kier alpha value is -3.31. The fourth-order valence-electron chi connectivity index (χ4n) is 4.75. The Bertz CT molecular complexity index is 1610. The van der Waals surface area contributed by atoms with Crippen molar-refractivity contribution in [2.75, 3.05) is 10.2 Å². The maximum absolute atomic E-state index is 13.7. The van der Waals surface area contributed by atoms with Crippen molar-refractivity contribution in [2.45, 2.75) is 22.7 Å². The number of imide groups is 1. The number of aromatic nitrogens is 1. The van der Waals surface area contributed by atoms with E-state index in [9.17, 15) is 19.2 Å². The molecule has 3 unspecified atom stereocenters. The highest BCUT2D eigenvalue weighted by Crippen LogP contribution is 2.53. The minimum Gasteiger partial charge on any atom is -0.469 e.